The number of halogens is 4. The minimum atomic E-state index is -4.92. The van der Waals surface area contributed by atoms with Gasteiger partial charge in [-0.2, -0.15) is 13.2 Å². The van der Waals surface area contributed by atoms with Crippen molar-refractivity contribution in [3.05, 3.63) is 61.1 Å². The van der Waals surface area contributed by atoms with Crippen molar-refractivity contribution < 1.29 is 28.0 Å². The number of nitrogens with zero attached hydrogens (tertiary/aromatic N) is 1. The number of phenolic OH excluding ortho intramolecular Hbond substituents is 1. The number of nitro groups is 1. The number of benzene rings is 2. The largest absolute Gasteiger partial charge is 0.507 e. The van der Waals surface area contributed by atoms with Gasteiger partial charge in [0.05, 0.1) is 21.7 Å². The monoisotopic (exact) mass is 460 g/mol. The molecule has 0 aliphatic carbocycles. The topological polar surface area (TPSA) is 92.5 Å². The molecule has 1 amide bonds. The van der Waals surface area contributed by atoms with Gasteiger partial charge >= 0.3 is 6.18 Å². The lowest BCUT2D eigenvalue weighted by Crippen LogP contribution is -2.18. The van der Waals surface area contributed by atoms with Crippen LogP contribution in [0.1, 0.15) is 46.8 Å². The fourth-order valence-corrected chi connectivity index (χ4v) is 3.09. The molecular formula is C18H16BrF3N2O4. The molecule has 150 valence electrons. The Bertz CT molecular complexity index is 959. The van der Waals surface area contributed by atoms with Gasteiger partial charge in [-0.3, -0.25) is 14.9 Å². The van der Waals surface area contributed by atoms with Gasteiger partial charge < -0.3 is 10.4 Å². The van der Waals surface area contributed by atoms with Crippen molar-refractivity contribution in [2.45, 2.75) is 32.9 Å². The molecule has 0 fully saturated rings. The Labute approximate surface area is 166 Å². The molecule has 2 aromatic rings. The average Bonchev–Trinajstić information content (AvgIpc) is 2.57. The number of hydrogen-bond acceptors (Lipinski definition) is 4. The minimum absolute atomic E-state index is 0.145. The normalized spacial score (nSPS) is 11.6. The first-order chi connectivity index (χ1) is 12.8. The molecule has 0 atom stereocenters. The fraction of sp³-hybridized carbons (Fsp3) is 0.278. The van der Waals surface area contributed by atoms with E-state index in [0.717, 1.165) is 12.1 Å². The SMILES string of the molecule is Cc1c(Br)cc(C(C)C)c(O)c1C(=O)Nc1ccc([N+](=O)[O-])cc1C(F)(F)F. The van der Waals surface area contributed by atoms with Gasteiger partial charge in [0.1, 0.15) is 5.75 Å². The predicted molar refractivity (Wildman–Crippen MR) is 101 cm³/mol. The summed E-state index contributed by atoms with van der Waals surface area (Å²) >= 11 is 3.28. The second kappa shape index (κ2) is 7.78. The number of amides is 1. The summed E-state index contributed by atoms with van der Waals surface area (Å²) in [5.74, 6) is -1.44. The number of nitrogens with one attached hydrogen (secondary N) is 1. The maximum Gasteiger partial charge on any atom is 0.418 e. The number of alkyl halides is 3. The second-order valence-electron chi connectivity index (χ2n) is 6.39. The molecule has 0 aliphatic rings. The maximum atomic E-state index is 13.3. The van der Waals surface area contributed by atoms with Crippen LogP contribution in [0.5, 0.6) is 5.75 Å². The van der Waals surface area contributed by atoms with Crippen LogP contribution in [-0.4, -0.2) is 15.9 Å². The van der Waals surface area contributed by atoms with Gasteiger partial charge in [0.15, 0.2) is 0 Å². The van der Waals surface area contributed by atoms with Gasteiger partial charge in [-0.15, -0.1) is 0 Å². The van der Waals surface area contributed by atoms with E-state index in [9.17, 15) is 33.2 Å². The Balaban J connectivity index is 2.56. The van der Waals surface area contributed by atoms with E-state index in [0.29, 0.717) is 21.7 Å². The van der Waals surface area contributed by atoms with Gasteiger partial charge in [0.25, 0.3) is 11.6 Å². The summed E-state index contributed by atoms with van der Waals surface area (Å²) in [7, 11) is 0. The van der Waals surface area contributed by atoms with E-state index in [4.69, 9.17) is 0 Å². The molecule has 2 N–H and O–H groups in total. The second-order valence-corrected chi connectivity index (χ2v) is 7.24. The van der Waals surface area contributed by atoms with Crippen molar-refractivity contribution in [2.75, 3.05) is 5.32 Å². The van der Waals surface area contributed by atoms with E-state index in [1.807, 2.05) is 0 Å². The number of nitro benzene ring substituents is 1. The van der Waals surface area contributed by atoms with E-state index in [-0.39, 0.29) is 17.2 Å². The van der Waals surface area contributed by atoms with Crippen LogP contribution in [0.2, 0.25) is 0 Å². The summed E-state index contributed by atoms with van der Waals surface area (Å²) in [4.78, 5) is 22.5. The van der Waals surface area contributed by atoms with Crippen molar-refractivity contribution in [3.63, 3.8) is 0 Å². The maximum absolute atomic E-state index is 13.3. The lowest BCUT2D eigenvalue weighted by molar-refractivity contribution is -0.385. The lowest BCUT2D eigenvalue weighted by Gasteiger charge is -2.18. The van der Waals surface area contributed by atoms with E-state index in [2.05, 4.69) is 21.2 Å². The fourth-order valence-electron chi connectivity index (χ4n) is 2.65. The van der Waals surface area contributed by atoms with Crippen LogP contribution in [0, 0.1) is 17.0 Å². The molecule has 0 saturated carbocycles. The van der Waals surface area contributed by atoms with Crippen molar-refractivity contribution in [1.82, 2.24) is 0 Å². The third-order valence-corrected chi connectivity index (χ3v) is 4.97. The first kappa shape index (κ1) is 21.7. The molecule has 0 unspecified atom stereocenters. The molecular weight excluding hydrogens is 445 g/mol. The summed E-state index contributed by atoms with van der Waals surface area (Å²) in [6.45, 7) is 5.11. The van der Waals surface area contributed by atoms with Crippen molar-refractivity contribution in [2.24, 2.45) is 0 Å². The molecule has 2 aromatic carbocycles. The summed E-state index contributed by atoms with van der Waals surface area (Å²) in [5, 5.41) is 23.4. The first-order valence-electron chi connectivity index (χ1n) is 8.03. The molecule has 10 heteroatoms. The number of phenols is 1. The summed E-state index contributed by atoms with van der Waals surface area (Å²) in [5.41, 5.74) is -2.14. The van der Waals surface area contributed by atoms with E-state index in [1.54, 1.807) is 19.9 Å². The minimum Gasteiger partial charge on any atom is -0.507 e. The van der Waals surface area contributed by atoms with Crippen molar-refractivity contribution >= 4 is 33.2 Å². The number of rotatable bonds is 4. The Hall–Kier alpha value is -2.62. The third-order valence-electron chi connectivity index (χ3n) is 4.14. The van der Waals surface area contributed by atoms with Crippen LogP contribution in [0.3, 0.4) is 0 Å². The summed E-state index contributed by atoms with van der Waals surface area (Å²) < 4.78 is 40.4. The number of carbonyl (C=O) groups is 1. The highest BCUT2D eigenvalue weighted by Gasteiger charge is 2.36. The highest BCUT2D eigenvalue weighted by atomic mass is 79.9. The van der Waals surface area contributed by atoms with Gasteiger partial charge in [-0.1, -0.05) is 29.8 Å². The van der Waals surface area contributed by atoms with Crippen molar-refractivity contribution in [3.8, 4) is 5.75 Å². The Morgan fingerprint density at radius 2 is 1.89 bits per heavy atom. The van der Waals surface area contributed by atoms with Crippen LogP contribution in [0.15, 0.2) is 28.7 Å². The Morgan fingerprint density at radius 1 is 1.29 bits per heavy atom. The molecule has 0 saturated heterocycles. The van der Waals surface area contributed by atoms with E-state index < -0.39 is 33.9 Å². The van der Waals surface area contributed by atoms with Crippen molar-refractivity contribution in [1.29, 1.82) is 0 Å². The average molecular weight is 461 g/mol. The molecule has 0 aromatic heterocycles. The van der Waals surface area contributed by atoms with E-state index in [1.165, 1.54) is 6.92 Å². The van der Waals surface area contributed by atoms with Gasteiger partial charge in [0, 0.05) is 16.6 Å². The molecule has 28 heavy (non-hydrogen) atoms. The number of hydrogen-bond donors (Lipinski definition) is 2. The Morgan fingerprint density at radius 3 is 2.39 bits per heavy atom. The zero-order valence-electron chi connectivity index (χ0n) is 15.0. The molecule has 6 nitrogen and oxygen atoms in total. The molecule has 0 spiro atoms. The quantitative estimate of drug-likeness (QED) is 0.447. The first-order valence-corrected chi connectivity index (χ1v) is 8.82. The highest BCUT2D eigenvalue weighted by Crippen LogP contribution is 2.39. The zero-order chi connectivity index (χ0) is 21.4. The lowest BCUT2D eigenvalue weighted by atomic mass is 9.95. The third kappa shape index (κ3) is 4.27. The van der Waals surface area contributed by atoms with Gasteiger partial charge in [0.2, 0.25) is 0 Å². The number of carbonyl (C=O) groups excluding carboxylic acids is 1. The van der Waals surface area contributed by atoms with Gasteiger partial charge in [-0.25, -0.2) is 0 Å². The standard InChI is InChI=1S/C18H16BrF3N2O4/c1-8(2)11-7-13(19)9(3)15(16(11)25)17(26)23-14-5-4-10(24(27)28)6-12(14)18(20,21)22/h4-8,25H,1-3H3,(H,23,26). The van der Waals surface area contributed by atoms with Crippen LogP contribution in [0.4, 0.5) is 24.5 Å². The predicted octanol–water partition coefficient (Wildman–Crippen LogP) is 5.77. The molecule has 0 bridgehead atoms. The van der Waals surface area contributed by atoms with Crippen LogP contribution in [0.25, 0.3) is 0 Å². The van der Waals surface area contributed by atoms with Crippen LogP contribution in [-0.2, 0) is 6.18 Å². The van der Waals surface area contributed by atoms with Crippen LogP contribution >= 0.6 is 15.9 Å². The van der Waals surface area contributed by atoms with E-state index >= 15 is 0 Å². The summed E-state index contributed by atoms with van der Waals surface area (Å²) in [6, 6.07) is 3.66. The highest BCUT2D eigenvalue weighted by molar-refractivity contribution is 9.10. The van der Waals surface area contributed by atoms with Gasteiger partial charge in [-0.05, 0) is 36.1 Å². The smallest absolute Gasteiger partial charge is 0.418 e. The zero-order valence-corrected chi connectivity index (χ0v) is 16.6. The molecule has 0 heterocycles. The molecule has 0 radical (unpaired) electrons. The van der Waals surface area contributed by atoms with Crippen LogP contribution < -0.4 is 5.32 Å². The Kier molecular flexibility index (Phi) is 6.03. The number of non-ortho nitro benzene ring substituents is 1. The molecule has 0 aliphatic heterocycles. The summed E-state index contributed by atoms with van der Waals surface area (Å²) in [6.07, 6.45) is -4.92. The number of aromatic hydroxyl groups is 1. The molecule has 2 rings (SSSR count). The number of anilines is 1.